The summed E-state index contributed by atoms with van der Waals surface area (Å²) in [4.78, 5) is 23.7. The number of rotatable bonds is 29. The molecule has 0 saturated carbocycles. The van der Waals surface area contributed by atoms with Crippen molar-refractivity contribution in [3.8, 4) is 0 Å². The van der Waals surface area contributed by atoms with Crippen LogP contribution in [0.3, 0.4) is 0 Å². The molecule has 0 saturated heterocycles. The van der Waals surface area contributed by atoms with Crippen molar-refractivity contribution in [3.05, 3.63) is 12.2 Å². The molecule has 0 atom stereocenters. The largest absolute Gasteiger partial charge is 0.393 e. The molecule has 0 aliphatic carbocycles. The Labute approximate surface area is 248 Å². The van der Waals surface area contributed by atoms with Crippen LogP contribution in [-0.2, 0) is 31.1 Å². The van der Waals surface area contributed by atoms with E-state index in [2.05, 4.69) is 26.0 Å². The minimum absolute atomic E-state index is 0. The quantitative estimate of drug-likeness (QED) is 0.0383. The van der Waals surface area contributed by atoms with Gasteiger partial charge in [0.2, 0.25) is 0 Å². The summed E-state index contributed by atoms with van der Waals surface area (Å²) in [5, 5.41) is 0. The van der Waals surface area contributed by atoms with E-state index in [4.69, 9.17) is 4.74 Å². The summed E-state index contributed by atoms with van der Waals surface area (Å²) in [6.45, 7) is 4.53. The van der Waals surface area contributed by atoms with Crippen molar-refractivity contribution in [3.63, 3.8) is 0 Å². The zero-order valence-electron chi connectivity index (χ0n) is 25.5. The van der Waals surface area contributed by atoms with Gasteiger partial charge in [0, 0.05) is 29.6 Å². The molecule has 0 aliphatic heterocycles. The van der Waals surface area contributed by atoms with Crippen LogP contribution < -0.4 is 0 Å². The molecule has 0 N–H and O–H groups in total. The van der Waals surface area contributed by atoms with Crippen molar-refractivity contribution in [2.75, 3.05) is 0 Å². The number of hydrogen-bond donors (Lipinski definition) is 0. The Bertz CT molecular complexity index is 518. The van der Waals surface area contributed by atoms with E-state index in [1.54, 1.807) is 0 Å². The number of ether oxygens (including phenoxy) is 1. The van der Waals surface area contributed by atoms with Gasteiger partial charge in [0.1, 0.15) is 0 Å². The predicted octanol–water partition coefficient (Wildman–Crippen LogP) is 11.6. The Morgan fingerprint density at radius 3 is 1.00 bits per heavy atom. The summed E-state index contributed by atoms with van der Waals surface area (Å²) in [6, 6.07) is 0. The second-order valence-electron chi connectivity index (χ2n) is 11.2. The molecule has 0 bridgehead atoms. The van der Waals surface area contributed by atoms with Gasteiger partial charge in [-0.25, -0.2) is 0 Å². The minimum Gasteiger partial charge on any atom is -0.393 e. The van der Waals surface area contributed by atoms with Gasteiger partial charge in [0.25, 0.3) is 0 Å². The molecule has 0 aliphatic rings. The van der Waals surface area contributed by atoms with Crippen molar-refractivity contribution in [2.24, 2.45) is 0 Å². The van der Waals surface area contributed by atoms with Gasteiger partial charge in [-0.05, 0) is 38.5 Å². The third-order valence-electron chi connectivity index (χ3n) is 7.35. The molecule has 0 spiro atoms. The normalized spacial score (nSPS) is 11.1. The van der Waals surface area contributed by atoms with Gasteiger partial charge in [-0.15, -0.1) is 0 Å². The van der Waals surface area contributed by atoms with E-state index in [0.29, 0.717) is 12.8 Å². The summed E-state index contributed by atoms with van der Waals surface area (Å²) < 4.78 is 4.99. The van der Waals surface area contributed by atoms with Crippen LogP contribution in [0.4, 0.5) is 0 Å². The van der Waals surface area contributed by atoms with E-state index in [-0.39, 0.29) is 28.7 Å². The first-order chi connectivity index (χ1) is 18.2. The van der Waals surface area contributed by atoms with Crippen LogP contribution in [0.1, 0.15) is 194 Å². The predicted molar refractivity (Wildman–Crippen MR) is 161 cm³/mol. The van der Waals surface area contributed by atoms with Gasteiger partial charge in [-0.2, -0.15) is 0 Å². The van der Waals surface area contributed by atoms with Gasteiger partial charge in [-0.1, -0.05) is 154 Å². The molecular weight excluding hydrogens is 515 g/mol. The summed E-state index contributed by atoms with van der Waals surface area (Å²) in [5.74, 6) is -0.668. The fourth-order valence-electron chi connectivity index (χ4n) is 4.86. The fourth-order valence-corrected chi connectivity index (χ4v) is 4.86. The number of unbranched alkanes of at least 4 members (excludes halogenated alkanes) is 23. The zero-order chi connectivity index (χ0) is 27.1. The molecule has 0 aromatic carbocycles. The van der Waals surface area contributed by atoms with Crippen molar-refractivity contribution in [1.82, 2.24) is 0 Å². The molecule has 0 aromatic rings. The molecule has 0 unspecified atom stereocenters. The van der Waals surface area contributed by atoms with Crippen LogP contribution in [0.5, 0.6) is 0 Å². The third-order valence-corrected chi connectivity index (χ3v) is 7.35. The van der Waals surface area contributed by atoms with E-state index in [1.165, 1.54) is 135 Å². The van der Waals surface area contributed by atoms with Gasteiger partial charge >= 0.3 is 11.9 Å². The number of carbonyl (C=O) groups excluding carboxylic acids is 2. The average Bonchev–Trinajstić information content (AvgIpc) is 2.89. The third kappa shape index (κ3) is 33.4. The van der Waals surface area contributed by atoms with Crippen LogP contribution in [0.2, 0.25) is 0 Å². The van der Waals surface area contributed by atoms with Crippen molar-refractivity contribution in [2.45, 2.75) is 194 Å². The van der Waals surface area contributed by atoms with Crippen LogP contribution in [0.25, 0.3) is 0 Å². The monoisotopic (exact) mass is 579 g/mol. The summed E-state index contributed by atoms with van der Waals surface area (Å²) in [7, 11) is 0. The van der Waals surface area contributed by atoms with E-state index in [1.807, 2.05) is 0 Å². The summed E-state index contributed by atoms with van der Waals surface area (Å²) in [6.07, 6.45) is 38.2. The SMILES string of the molecule is CCCCCCCC/C=C\CCCCCCCC(=O)OC(=O)CCCCCCCCCCCCCCC.[Co]. The second-order valence-corrected chi connectivity index (χ2v) is 11.2. The maximum atomic E-state index is 11.9. The molecule has 1 radical (unpaired) electrons. The Morgan fingerprint density at radius 2 is 0.684 bits per heavy atom. The Balaban J connectivity index is 0. The molecule has 3 nitrogen and oxygen atoms in total. The number of carbonyl (C=O) groups is 2. The van der Waals surface area contributed by atoms with E-state index in [9.17, 15) is 9.59 Å². The molecule has 0 heterocycles. The average molecular weight is 580 g/mol. The molecule has 0 amide bonds. The van der Waals surface area contributed by atoms with E-state index < -0.39 is 0 Å². The summed E-state index contributed by atoms with van der Waals surface area (Å²) in [5.41, 5.74) is 0. The fraction of sp³-hybridized carbons (Fsp3) is 0.882. The molecule has 38 heavy (non-hydrogen) atoms. The first-order valence-corrected chi connectivity index (χ1v) is 16.6. The molecule has 227 valence electrons. The first-order valence-electron chi connectivity index (χ1n) is 16.6. The molecule has 0 rings (SSSR count). The standard InChI is InChI=1S/C34H64O3.Co/c1-3-5-7-9-11-13-15-17-18-20-22-24-26-28-30-32-34(36)37-33(35)31-29-27-25-23-21-19-16-14-12-10-8-6-4-2;/h17-18H,3-16,19-32H2,1-2H3;/b18-17-;. The van der Waals surface area contributed by atoms with Crippen molar-refractivity contribution in [1.29, 1.82) is 0 Å². The van der Waals surface area contributed by atoms with E-state index in [0.717, 1.165) is 32.1 Å². The second kappa shape index (κ2) is 34.4. The maximum Gasteiger partial charge on any atom is 0.313 e. The zero-order valence-corrected chi connectivity index (χ0v) is 26.6. The van der Waals surface area contributed by atoms with Gasteiger partial charge in [0.15, 0.2) is 0 Å². The number of allylic oxidation sites excluding steroid dienone is 2. The Kier molecular flexibility index (Phi) is 35.8. The van der Waals surface area contributed by atoms with Crippen LogP contribution in [0.15, 0.2) is 12.2 Å². The molecule has 4 heteroatoms. The van der Waals surface area contributed by atoms with Gasteiger partial charge in [0.05, 0.1) is 0 Å². The van der Waals surface area contributed by atoms with Gasteiger partial charge in [-0.3, -0.25) is 9.59 Å². The summed E-state index contributed by atoms with van der Waals surface area (Å²) >= 11 is 0. The molecular formula is C34H64CoO3. The molecule has 0 aromatic heterocycles. The first kappa shape index (κ1) is 39.5. The maximum absolute atomic E-state index is 11.9. The minimum atomic E-state index is -0.336. The van der Waals surface area contributed by atoms with Crippen LogP contribution in [0, 0.1) is 0 Å². The van der Waals surface area contributed by atoms with Crippen molar-refractivity contribution < 1.29 is 31.1 Å². The number of hydrogen-bond acceptors (Lipinski definition) is 3. The smallest absolute Gasteiger partial charge is 0.313 e. The Morgan fingerprint density at radius 1 is 0.421 bits per heavy atom. The topological polar surface area (TPSA) is 43.4 Å². The van der Waals surface area contributed by atoms with Gasteiger partial charge < -0.3 is 4.74 Å². The molecule has 0 fully saturated rings. The van der Waals surface area contributed by atoms with Crippen molar-refractivity contribution >= 4 is 11.9 Å². The van der Waals surface area contributed by atoms with Crippen LogP contribution >= 0.6 is 0 Å². The number of esters is 2. The van der Waals surface area contributed by atoms with E-state index >= 15 is 0 Å². The Hall–Kier alpha value is -0.614. The van der Waals surface area contributed by atoms with Crippen LogP contribution in [-0.4, -0.2) is 11.9 Å².